The van der Waals surface area contributed by atoms with Crippen molar-refractivity contribution in [3.05, 3.63) is 76.4 Å². The maximum absolute atomic E-state index is 14.9. The van der Waals surface area contributed by atoms with Crippen LogP contribution in [0.2, 0.25) is 0 Å². The molecule has 5 heterocycles. The number of hydrogen-bond acceptors (Lipinski definition) is 10. The average molecular weight is 598 g/mol. The number of carboxylic acid groups (broad SMARTS) is 1. The highest BCUT2D eigenvalue weighted by atomic mass is 19.1. The molecule has 0 amide bonds. The highest BCUT2D eigenvalue weighted by molar-refractivity contribution is 5.92. The maximum atomic E-state index is 14.9. The topological polar surface area (TPSA) is 138 Å². The van der Waals surface area contributed by atoms with E-state index in [1.54, 1.807) is 18.5 Å². The first kappa shape index (κ1) is 27.6. The maximum Gasteiger partial charge on any atom is 0.335 e. The Morgan fingerprint density at radius 3 is 2.82 bits per heavy atom. The lowest BCUT2D eigenvalue weighted by Gasteiger charge is -2.30. The zero-order chi connectivity index (χ0) is 30.2. The second-order valence-corrected chi connectivity index (χ2v) is 10.8. The summed E-state index contributed by atoms with van der Waals surface area (Å²) in [5, 5.41) is 25.2. The van der Waals surface area contributed by atoms with Crippen molar-refractivity contribution in [2.75, 3.05) is 31.2 Å². The van der Waals surface area contributed by atoms with Crippen LogP contribution in [0, 0.1) is 17.1 Å². The Morgan fingerprint density at radius 2 is 2.07 bits per heavy atom. The molecule has 0 spiro atoms. The van der Waals surface area contributed by atoms with Crippen LogP contribution >= 0.6 is 0 Å². The van der Waals surface area contributed by atoms with Crippen molar-refractivity contribution in [3.63, 3.8) is 0 Å². The van der Waals surface area contributed by atoms with Gasteiger partial charge in [0.25, 0.3) is 0 Å². The minimum Gasteiger partial charge on any atom is -0.492 e. The lowest BCUT2D eigenvalue weighted by atomic mass is 10.0. The first-order valence-corrected chi connectivity index (χ1v) is 14.3. The molecule has 224 valence electrons. The van der Waals surface area contributed by atoms with E-state index in [1.165, 1.54) is 6.07 Å². The first-order valence-electron chi connectivity index (χ1n) is 14.3. The molecule has 3 aliphatic rings. The van der Waals surface area contributed by atoms with Gasteiger partial charge >= 0.3 is 5.97 Å². The number of fused-ring (bicyclic) bond motifs is 2. The van der Waals surface area contributed by atoms with E-state index < -0.39 is 11.8 Å². The Kier molecular flexibility index (Phi) is 7.19. The highest BCUT2D eigenvalue weighted by Crippen LogP contribution is 2.33. The van der Waals surface area contributed by atoms with Crippen LogP contribution in [0.5, 0.6) is 11.6 Å². The van der Waals surface area contributed by atoms with Gasteiger partial charge in [-0.1, -0.05) is 12.1 Å². The second kappa shape index (κ2) is 11.5. The number of hydrazone groups is 1. The number of carboxylic acids is 1. The van der Waals surface area contributed by atoms with Gasteiger partial charge in [0.15, 0.2) is 5.82 Å². The van der Waals surface area contributed by atoms with Crippen molar-refractivity contribution in [2.45, 2.75) is 38.6 Å². The van der Waals surface area contributed by atoms with Crippen molar-refractivity contribution in [1.29, 1.82) is 5.26 Å². The predicted molar refractivity (Wildman–Crippen MR) is 156 cm³/mol. The molecule has 12 nitrogen and oxygen atoms in total. The monoisotopic (exact) mass is 597 g/mol. The van der Waals surface area contributed by atoms with E-state index in [4.69, 9.17) is 14.2 Å². The number of pyridine rings is 1. The molecule has 2 aromatic heterocycles. The quantitative estimate of drug-likeness (QED) is 0.304. The molecule has 2 aromatic carbocycles. The number of anilines is 1. The van der Waals surface area contributed by atoms with Crippen molar-refractivity contribution < 1.29 is 28.5 Å². The van der Waals surface area contributed by atoms with Gasteiger partial charge in [0.2, 0.25) is 5.88 Å². The molecule has 1 N–H and O–H groups in total. The number of aromatic nitrogens is 3. The van der Waals surface area contributed by atoms with Gasteiger partial charge in [0.1, 0.15) is 35.9 Å². The van der Waals surface area contributed by atoms with Gasteiger partial charge in [0, 0.05) is 36.8 Å². The molecule has 0 bridgehead atoms. The number of hydrogen-bond donors (Lipinski definition) is 1. The van der Waals surface area contributed by atoms with E-state index >= 15 is 0 Å². The Hall–Kier alpha value is -5.22. The van der Waals surface area contributed by atoms with Gasteiger partial charge in [-0.3, -0.25) is 5.01 Å². The molecule has 0 unspecified atom stereocenters. The fourth-order valence-electron chi connectivity index (χ4n) is 5.61. The standard InChI is InChI=1S/C31H28FN7O5/c32-24-12-21(31(40)41)13-25-29(24)36-27(39(25)15-22-6-10-42-22)16-38-9-8-37(18-34-38)26-2-1-3-28(35-26)44-17-20-5-4-19(14-33)23-7-11-43-30(20)23/h1-5,12-13,18,22H,6-11,15-17H2,(H,40,41)/t22-/m0/s1. The number of nitrogens with zero attached hydrogens (tertiary/aromatic N) is 7. The molecule has 1 atom stereocenters. The minimum absolute atomic E-state index is 0.0334. The van der Waals surface area contributed by atoms with Gasteiger partial charge in [-0.25, -0.2) is 14.2 Å². The molecular formula is C31H28FN7O5. The van der Waals surface area contributed by atoms with Gasteiger partial charge in [-0.2, -0.15) is 15.3 Å². The van der Waals surface area contributed by atoms with E-state index in [-0.39, 0.29) is 23.8 Å². The largest absolute Gasteiger partial charge is 0.492 e. The normalized spacial score (nSPS) is 17.2. The number of imidazole rings is 1. The van der Waals surface area contributed by atoms with Crippen molar-refractivity contribution in [1.82, 2.24) is 19.5 Å². The van der Waals surface area contributed by atoms with Gasteiger partial charge < -0.3 is 28.8 Å². The summed E-state index contributed by atoms with van der Waals surface area (Å²) in [5.74, 6) is 0.549. The summed E-state index contributed by atoms with van der Waals surface area (Å²) in [6.45, 7) is 3.36. The summed E-state index contributed by atoms with van der Waals surface area (Å²) in [7, 11) is 0. The molecular weight excluding hydrogens is 569 g/mol. The van der Waals surface area contributed by atoms with Crippen LogP contribution in [-0.4, -0.2) is 69.4 Å². The van der Waals surface area contributed by atoms with Crippen LogP contribution in [0.4, 0.5) is 10.2 Å². The number of carbonyl (C=O) groups is 1. The predicted octanol–water partition coefficient (Wildman–Crippen LogP) is 3.71. The zero-order valence-corrected chi connectivity index (χ0v) is 23.6. The summed E-state index contributed by atoms with van der Waals surface area (Å²) >= 11 is 0. The fraction of sp³-hybridized carbons (Fsp3) is 0.323. The van der Waals surface area contributed by atoms with E-state index in [9.17, 15) is 19.6 Å². The van der Waals surface area contributed by atoms with Crippen LogP contribution < -0.4 is 14.4 Å². The van der Waals surface area contributed by atoms with Crippen LogP contribution in [-0.2, 0) is 30.9 Å². The number of rotatable bonds is 9. The second-order valence-electron chi connectivity index (χ2n) is 10.8. The molecule has 0 saturated carbocycles. The summed E-state index contributed by atoms with van der Waals surface area (Å²) in [6, 6.07) is 13.8. The molecule has 1 fully saturated rings. The van der Waals surface area contributed by atoms with Crippen molar-refractivity contribution in [3.8, 4) is 17.7 Å². The molecule has 13 heteroatoms. The number of nitriles is 1. The van der Waals surface area contributed by atoms with E-state index in [0.29, 0.717) is 74.4 Å². The molecule has 0 radical (unpaired) electrons. The van der Waals surface area contributed by atoms with E-state index in [1.807, 2.05) is 32.7 Å². The SMILES string of the molecule is N#Cc1ccc(COc2cccc(N3C=NN(Cc4nc5c(F)cc(C(=O)O)cc5n4C[C@@H]4CCO4)CC3)n2)c2c1CCO2. The van der Waals surface area contributed by atoms with E-state index in [2.05, 4.69) is 21.1 Å². The Balaban J connectivity index is 1.05. The summed E-state index contributed by atoms with van der Waals surface area (Å²) in [4.78, 5) is 22.7. The van der Waals surface area contributed by atoms with Crippen LogP contribution in [0.1, 0.15) is 39.3 Å². The van der Waals surface area contributed by atoms with Gasteiger partial charge in [-0.05, 0) is 30.7 Å². The third-order valence-corrected chi connectivity index (χ3v) is 8.03. The third kappa shape index (κ3) is 5.24. The van der Waals surface area contributed by atoms with E-state index in [0.717, 1.165) is 29.4 Å². The Morgan fingerprint density at radius 1 is 1.18 bits per heavy atom. The molecule has 4 aromatic rings. The number of benzene rings is 2. The van der Waals surface area contributed by atoms with Crippen LogP contribution in [0.25, 0.3) is 11.0 Å². The molecule has 3 aliphatic heterocycles. The summed E-state index contributed by atoms with van der Waals surface area (Å²) in [5.41, 5.74) is 2.85. The average Bonchev–Trinajstić information content (AvgIpc) is 3.64. The first-order chi connectivity index (χ1) is 21.5. The zero-order valence-electron chi connectivity index (χ0n) is 23.6. The lowest BCUT2D eigenvalue weighted by molar-refractivity contribution is -0.0592. The lowest BCUT2D eigenvalue weighted by Crippen LogP contribution is -2.38. The summed E-state index contributed by atoms with van der Waals surface area (Å²) < 4.78 is 34.1. The fourth-order valence-corrected chi connectivity index (χ4v) is 5.61. The smallest absolute Gasteiger partial charge is 0.335 e. The molecule has 7 rings (SSSR count). The molecule has 1 saturated heterocycles. The van der Waals surface area contributed by atoms with Gasteiger partial charge in [0.05, 0.1) is 55.1 Å². The molecule has 44 heavy (non-hydrogen) atoms. The number of aromatic carboxylic acids is 1. The Bertz CT molecular complexity index is 1830. The van der Waals surface area contributed by atoms with Crippen molar-refractivity contribution in [2.24, 2.45) is 5.10 Å². The summed E-state index contributed by atoms with van der Waals surface area (Å²) in [6.07, 6.45) is 3.23. The van der Waals surface area contributed by atoms with Crippen LogP contribution in [0.3, 0.4) is 0 Å². The highest BCUT2D eigenvalue weighted by Gasteiger charge is 2.26. The van der Waals surface area contributed by atoms with Crippen molar-refractivity contribution >= 4 is 29.2 Å². The van der Waals surface area contributed by atoms with Crippen LogP contribution in [0.15, 0.2) is 47.6 Å². The minimum atomic E-state index is -1.20. The number of halogens is 1. The molecule has 0 aliphatic carbocycles. The van der Waals surface area contributed by atoms with Gasteiger partial charge in [-0.15, -0.1) is 0 Å². The third-order valence-electron chi connectivity index (χ3n) is 8.03. The number of ether oxygens (including phenoxy) is 3. The Labute approximate surface area is 251 Å².